The number of benzene rings is 1. The van der Waals surface area contributed by atoms with Crippen molar-refractivity contribution < 1.29 is 5.11 Å². The maximum absolute atomic E-state index is 10.7. The number of rotatable bonds is 5. The molecule has 0 bridgehead atoms. The van der Waals surface area contributed by atoms with Gasteiger partial charge < -0.3 is 10.8 Å². The van der Waals surface area contributed by atoms with Gasteiger partial charge in [-0.3, -0.25) is 0 Å². The molecule has 1 aliphatic carbocycles. The van der Waals surface area contributed by atoms with Gasteiger partial charge in [-0.15, -0.1) is 0 Å². The van der Waals surface area contributed by atoms with Gasteiger partial charge in [0.05, 0.1) is 6.10 Å². The molecule has 1 saturated carbocycles. The highest BCUT2D eigenvalue weighted by Gasteiger charge is 2.42. The van der Waals surface area contributed by atoms with E-state index >= 15 is 0 Å². The molecule has 1 aromatic carbocycles. The smallest absolute Gasteiger partial charge is 0.0614 e. The summed E-state index contributed by atoms with van der Waals surface area (Å²) < 4.78 is 0. The largest absolute Gasteiger partial charge is 0.392 e. The lowest BCUT2D eigenvalue weighted by Crippen LogP contribution is -2.40. The molecule has 0 amide bonds. The summed E-state index contributed by atoms with van der Waals surface area (Å²) in [6.45, 7) is 5.08. The van der Waals surface area contributed by atoms with Gasteiger partial charge in [0.1, 0.15) is 0 Å². The van der Waals surface area contributed by atoms with Crippen molar-refractivity contribution in [2.24, 2.45) is 17.1 Å². The Morgan fingerprint density at radius 2 is 2.05 bits per heavy atom. The second-order valence-electron chi connectivity index (χ2n) is 6.48. The molecule has 4 unspecified atom stereocenters. The molecule has 2 rings (SSSR count). The van der Waals surface area contributed by atoms with Crippen molar-refractivity contribution in [2.45, 2.75) is 51.6 Å². The van der Waals surface area contributed by atoms with Crippen molar-refractivity contribution in [1.82, 2.24) is 0 Å². The van der Waals surface area contributed by atoms with Crippen molar-refractivity contribution in [3.8, 4) is 0 Å². The van der Waals surface area contributed by atoms with Crippen LogP contribution in [0.2, 0.25) is 0 Å². The fourth-order valence-corrected chi connectivity index (χ4v) is 3.56. The van der Waals surface area contributed by atoms with Crippen LogP contribution in [0.4, 0.5) is 0 Å². The van der Waals surface area contributed by atoms with Crippen molar-refractivity contribution in [3.05, 3.63) is 35.9 Å². The highest BCUT2D eigenvalue weighted by molar-refractivity contribution is 5.19. The molecule has 19 heavy (non-hydrogen) atoms. The average Bonchev–Trinajstić information content (AvgIpc) is 2.82. The van der Waals surface area contributed by atoms with Gasteiger partial charge in [0.25, 0.3) is 0 Å². The third-order valence-corrected chi connectivity index (χ3v) is 4.95. The first-order chi connectivity index (χ1) is 9.07. The summed E-state index contributed by atoms with van der Waals surface area (Å²) in [5.74, 6) is 1.08. The Bertz CT molecular complexity index is 392. The summed E-state index contributed by atoms with van der Waals surface area (Å²) in [5.41, 5.74) is 7.25. The minimum atomic E-state index is -0.280. The zero-order chi connectivity index (χ0) is 13.9. The van der Waals surface area contributed by atoms with Crippen LogP contribution in [0.15, 0.2) is 30.3 Å². The van der Waals surface area contributed by atoms with E-state index in [-0.39, 0.29) is 11.5 Å². The van der Waals surface area contributed by atoms with Gasteiger partial charge in [-0.1, -0.05) is 50.6 Å². The van der Waals surface area contributed by atoms with Crippen LogP contribution in [0.5, 0.6) is 0 Å². The fourth-order valence-electron chi connectivity index (χ4n) is 3.56. The van der Waals surface area contributed by atoms with E-state index in [2.05, 4.69) is 38.1 Å². The van der Waals surface area contributed by atoms with Gasteiger partial charge in [0, 0.05) is 12.0 Å². The Morgan fingerprint density at radius 1 is 1.37 bits per heavy atom. The van der Waals surface area contributed by atoms with E-state index in [9.17, 15) is 5.11 Å². The monoisotopic (exact) mass is 261 g/mol. The summed E-state index contributed by atoms with van der Waals surface area (Å²) >= 11 is 0. The summed E-state index contributed by atoms with van der Waals surface area (Å²) in [7, 11) is 0. The third-order valence-electron chi connectivity index (χ3n) is 4.95. The lowest BCUT2D eigenvalue weighted by molar-refractivity contribution is 0.0214. The van der Waals surface area contributed by atoms with Gasteiger partial charge in [0.15, 0.2) is 0 Å². The van der Waals surface area contributed by atoms with Gasteiger partial charge in [0.2, 0.25) is 0 Å². The van der Waals surface area contributed by atoms with Crippen LogP contribution < -0.4 is 5.73 Å². The summed E-state index contributed by atoms with van der Waals surface area (Å²) in [6, 6.07) is 10.4. The van der Waals surface area contributed by atoms with Crippen LogP contribution in [0.3, 0.4) is 0 Å². The number of hydrogen-bond donors (Lipinski definition) is 2. The van der Waals surface area contributed by atoms with Crippen LogP contribution >= 0.6 is 0 Å². The minimum Gasteiger partial charge on any atom is -0.392 e. The Balaban J connectivity index is 2.02. The van der Waals surface area contributed by atoms with E-state index in [1.807, 2.05) is 6.07 Å². The number of aliphatic hydroxyl groups is 1. The first kappa shape index (κ1) is 14.5. The molecule has 0 radical (unpaired) electrons. The molecule has 3 N–H and O–H groups in total. The van der Waals surface area contributed by atoms with Crippen LogP contribution in [0.25, 0.3) is 0 Å². The van der Waals surface area contributed by atoms with Crippen LogP contribution in [0.1, 0.15) is 51.0 Å². The van der Waals surface area contributed by atoms with E-state index in [4.69, 9.17) is 5.73 Å². The first-order valence-electron chi connectivity index (χ1n) is 7.50. The molecule has 0 saturated heterocycles. The molecule has 1 aliphatic rings. The predicted molar refractivity (Wildman–Crippen MR) is 80.0 cm³/mol. The van der Waals surface area contributed by atoms with Crippen molar-refractivity contribution in [1.29, 1.82) is 0 Å². The maximum atomic E-state index is 10.7. The Hall–Kier alpha value is -0.860. The molecule has 1 aromatic rings. The molecule has 4 atom stereocenters. The Morgan fingerprint density at radius 3 is 2.58 bits per heavy atom. The molecule has 2 nitrogen and oxygen atoms in total. The highest BCUT2D eigenvalue weighted by Crippen LogP contribution is 2.45. The van der Waals surface area contributed by atoms with E-state index in [0.29, 0.717) is 18.4 Å². The topological polar surface area (TPSA) is 46.2 Å². The van der Waals surface area contributed by atoms with Crippen LogP contribution in [0, 0.1) is 11.3 Å². The van der Waals surface area contributed by atoms with Gasteiger partial charge in [-0.05, 0) is 36.7 Å². The Labute approximate surface area is 117 Å². The van der Waals surface area contributed by atoms with E-state index in [1.54, 1.807) is 0 Å². The van der Waals surface area contributed by atoms with Crippen LogP contribution in [-0.2, 0) is 0 Å². The summed E-state index contributed by atoms with van der Waals surface area (Å²) in [6.07, 6.45) is 3.89. The minimum absolute atomic E-state index is 0.0392. The second-order valence-corrected chi connectivity index (χ2v) is 6.48. The average molecular weight is 261 g/mol. The van der Waals surface area contributed by atoms with Crippen molar-refractivity contribution >= 4 is 0 Å². The molecular weight excluding hydrogens is 234 g/mol. The SMILES string of the molecule is CC1CCC(CN)(C(O)CC(C)c2ccccc2)C1. The summed E-state index contributed by atoms with van der Waals surface area (Å²) in [4.78, 5) is 0. The molecule has 0 aromatic heterocycles. The summed E-state index contributed by atoms with van der Waals surface area (Å²) in [5, 5.41) is 10.7. The predicted octanol–water partition coefficient (Wildman–Crippen LogP) is 3.31. The van der Waals surface area contributed by atoms with Crippen LogP contribution in [-0.4, -0.2) is 17.8 Å². The maximum Gasteiger partial charge on any atom is 0.0614 e. The van der Waals surface area contributed by atoms with E-state index in [0.717, 1.165) is 19.3 Å². The number of nitrogens with two attached hydrogens (primary N) is 1. The molecule has 1 fully saturated rings. The normalized spacial score (nSPS) is 30.2. The number of hydrogen-bond acceptors (Lipinski definition) is 2. The lowest BCUT2D eigenvalue weighted by Gasteiger charge is -2.35. The second kappa shape index (κ2) is 6.06. The van der Waals surface area contributed by atoms with Gasteiger partial charge in [-0.2, -0.15) is 0 Å². The molecule has 2 heteroatoms. The van der Waals surface area contributed by atoms with Gasteiger partial charge in [-0.25, -0.2) is 0 Å². The molecule has 0 aliphatic heterocycles. The highest BCUT2D eigenvalue weighted by atomic mass is 16.3. The van der Waals surface area contributed by atoms with Gasteiger partial charge >= 0.3 is 0 Å². The third kappa shape index (κ3) is 3.18. The fraction of sp³-hybridized carbons (Fsp3) is 0.647. The van der Waals surface area contributed by atoms with E-state index < -0.39 is 0 Å². The standard InChI is InChI=1S/C17H27NO/c1-13-8-9-17(11-13,12-18)16(19)10-14(2)15-6-4-3-5-7-15/h3-7,13-14,16,19H,8-12,18H2,1-2H3. The van der Waals surface area contributed by atoms with E-state index in [1.165, 1.54) is 12.0 Å². The zero-order valence-corrected chi connectivity index (χ0v) is 12.2. The van der Waals surface area contributed by atoms with Crippen molar-refractivity contribution in [2.75, 3.05) is 6.54 Å². The first-order valence-corrected chi connectivity index (χ1v) is 7.50. The molecule has 0 spiro atoms. The molecule has 106 valence electrons. The lowest BCUT2D eigenvalue weighted by atomic mass is 9.75. The quantitative estimate of drug-likeness (QED) is 0.854. The number of aliphatic hydroxyl groups excluding tert-OH is 1. The van der Waals surface area contributed by atoms with Crippen molar-refractivity contribution in [3.63, 3.8) is 0 Å². The Kier molecular flexibility index (Phi) is 4.64. The molecule has 0 heterocycles. The zero-order valence-electron chi connectivity index (χ0n) is 12.2. The molecular formula is C17H27NO.